The van der Waals surface area contributed by atoms with Crippen molar-refractivity contribution in [2.24, 2.45) is 0 Å². The van der Waals surface area contributed by atoms with Gasteiger partial charge in [0, 0.05) is 22.8 Å². The fraction of sp³-hybridized carbons (Fsp3) is 0.545. The lowest BCUT2D eigenvalue weighted by Gasteiger charge is -2.30. The zero-order chi connectivity index (χ0) is 12.2. The highest BCUT2D eigenvalue weighted by Gasteiger charge is 2.22. The van der Waals surface area contributed by atoms with Gasteiger partial charge >= 0.3 is 0 Å². The maximum atomic E-state index is 9.02. The summed E-state index contributed by atoms with van der Waals surface area (Å²) in [5, 5.41) is 12.9. The summed E-state index contributed by atoms with van der Waals surface area (Å²) < 4.78 is 0.850. The molecule has 0 aliphatic carbocycles. The number of nitrogens with one attached hydrogen (secondary N) is 1. The van der Waals surface area contributed by atoms with E-state index >= 15 is 0 Å². The van der Waals surface area contributed by atoms with Gasteiger partial charge in [0.1, 0.15) is 5.82 Å². The highest BCUT2D eigenvalue weighted by molar-refractivity contribution is 9.10. The third-order valence-electron chi connectivity index (χ3n) is 2.67. The normalized spacial score (nSPS) is 14.6. The van der Waals surface area contributed by atoms with Gasteiger partial charge in [-0.3, -0.25) is 0 Å². The van der Waals surface area contributed by atoms with Gasteiger partial charge in [-0.2, -0.15) is 0 Å². The van der Waals surface area contributed by atoms with Gasteiger partial charge in [-0.05, 0) is 41.8 Å². The first-order valence-electron chi connectivity index (χ1n) is 5.21. The molecule has 0 saturated carbocycles. The molecule has 1 unspecified atom stereocenters. The molecule has 90 valence electrons. The molecule has 5 heteroatoms. The van der Waals surface area contributed by atoms with Gasteiger partial charge in [-0.15, -0.1) is 0 Å². The van der Waals surface area contributed by atoms with E-state index in [2.05, 4.69) is 33.2 Å². The molecule has 3 nitrogen and oxygen atoms in total. The molecule has 0 spiro atoms. The van der Waals surface area contributed by atoms with Crippen molar-refractivity contribution in [1.82, 2.24) is 4.98 Å². The lowest BCUT2D eigenvalue weighted by molar-refractivity contribution is 0.252. The van der Waals surface area contributed by atoms with Gasteiger partial charge in [0.05, 0.1) is 5.02 Å². The Balaban J connectivity index is 2.85. The van der Waals surface area contributed by atoms with Crippen molar-refractivity contribution in [3.63, 3.8) is 0 Å². The van der Waals surface area contributed by atoms with Crippen LogP contribution in [0.3, 0.4) is 0 Å². The molecule has 1 atom stereocenters. The van der Waals surface area contributed by atoms with Crippen LogP contribution in [0, 0.1) is 0 Å². The largest absolute Gasteiger partial charge is 0.396 e. The first-order chi connectivity index (χ1) is 7.50. The number of rotatable bonds is 5. The van der Waals surface area contributed by atoms with E-state index < -0.39 is 0 Å². The van der Waals surface area contributed by atoms with Gasteiger partial charge < -0.3 is 10.4 Å². The number of aliphatic hydroxyl groups excluding tert-OH is 1. The molecule has 0 bridgehead atoms. The minimum absolute atomic E-state index is 0.144. The van der Waals surface area contributed by atoms with Crippen molar-refractivity contribution in [1.29, 1.82) is 0 Å². The Morgan fingerprint density at radius 2 is 2.31 bits per heavy atom. The maximum Gasteiger partial charge on any atom is 0.145 e. The van der Waals surface area contributed by atoms with Crippen molar-refractivity contribution < 1.29 is 5.11 Å². The van der Waals surface area contributed by atoms with Crippen LogP contribution in [0.4, 0.5) is 5.82 Å². The third kappa shape index (κ3) is 3.61. The summed E-state index contributed by atoms with van der Waals surface area (Å²) >= 11 is 9.38. The minimum Gasteiger partial charge on any atom is -0.396 e. The van der Waals surface area contributed by atoms with E-state index in [1.807, 2.05) is 6.92 Å². The number of pyridine rings is 1. The van der Waals surface area contributed by atoms with Crippen LogP contribution in [0.2, 0.25) is 5.02 Å². The first kappa shape index (κ1) is 13.7. The standard InChI is InChI=1S/C11H16BrClN2O/c1-3-11(2,4-5-16)15-10-9(13)6-8(12)7-14-10/h6-7,16H,3-5H2,1-2H3,(H,14,15). The highest BCUT2D eigenvalue weighted by Crippen LogP contribution is 2.27. The Morgan fingerprint density at radius 3 is 2.81 bits per heavy atom. The average Bonchev–Trinajstić information content (AvgIpc) is 2.23. The number of nitrogens with zero attached hydrogens (tertiary/aromatic N) is 1. The summed E-state index contributed by atoms with van der Waals surface area (Å²) in [6.07, 6.45) is 3.25. The van der Waals surface area contributed by atoms with Crippen molar-refractivity contribution in [3.8, 4) is 0 Å². The zero-order valence-corrected chi connectivity index (χ0v) is 11.8. The van der Waals surface area contributed by atoms with Gasteiger partial charge in [-0.1, -0.05) is 18.5 Å². The molecule has 0 aliphatic rings. The van der Waals surface area contributed by atoms with Crippen LogP contribution >= 0.6 is 27.5 Å². The second-order valence-electron chi connectivity index (χ2n) is 4.00. The van der Waals surface area contributed by atoms with Crippen LogP contribution in [-0.4, -0.2) is 22.2 Å². The number of hydrogen-bond acceptors (Lipinski definition) is 3. The molecule has 1 aromatic rings. The summed E-state index contributed by atoms with van der Waals surface area (Å²) in [5.41, 5.74) is -0.181. The van der Waals surface area contributed by atoms with Crippen molar-refractivity contribution in [2.45, 2.75) is 32.2 Å². The maximum absolute atomic E-state index is 9.02. The van der Waals surface area contributed by atoms with Crippen LogP contribution in [0.15, 0.2) is 16.7 Å². The highest BCUT2D eigenvalue weighted by atomic mass is 79.9. The Labute approximate surface area is 109 Å². The Hall–Kier alpha value is -0.320. The van der Waals surface area contributed by atoms with E-state index in [0.29, 0.717) is 17.3 Å². The minimum atomic E-state index is -0.181. The van der Waals surface area contributed by atoms with E-state index in [4.69, 9.17) is 16.7 Å². The molecule has 16 heavy (non-hydrogen) atoms. The topological polar surface area (TPSA) is 45.1 Å². The zero-order valence-electron chi connectivity index (χ0n) is 9.43. The molecular weight excluding hydrogens is 291 g/mol. The number of anilines is 1. The molecule has 0 fully saturated rings. The monoisotopic (exact) mass is 306 g/mol. The van der Waals surface area contributed by atoms with E-state index in [-0.39, 0.29) is 12.1 Å². The fourth-order valence-electron chi connectivity index (χ4n) is 1.37. The van der Waals surface area contributed by atoms with Crippen LogP contribution in [-0.2, 0) is 0 Å². The summed E-state index contributed by atoms with van der Waals surface area (Å²) in [6, 6.07) is 1.80. The Morgan fingerprint density at radius 1 is 1.62 bits per heavy atom. The second kappa shape index (κ2) is 5.84. The summed E-state index contributed by atoms with van der Waals surface area (Å²) in [5.74, 6) is 0.655. The summed E-state index contributed by atoms with van der Waals surface area (Å²) in [6.45, 7) is 4.25. The van der Waals surface area contributed by atoms with Gasteiger partial charge in [-0.25, -0.2) is 4.98 Å². The molecule has 0 amide bonds. The molecular formula is C11H16BrClN2O. The first-order valence-corrected chi connectivity index (χ1v) is 6.38. The summed E-state index contributed by atoms with van der Waals surface area (Å²) in [7, 11) is 0. The summed E-state index contributed by atoms with van der Waals surface area (Å²) in [4.78, 5) is 4.22. The van der Waals surface area contributed by atoms with Crippen molar-refractivity contribution >= 4 is 33.3 Å². The second-order valence-corrected chi connectivity index (χ2v) is 5.32. The molecule has 2 N–H and O–H groups in total. The van der Waals surface area contributed by atoms with Crippen LogP contribution in [0.5, 0.6) is 0 Å². The molecule has 0 aliphatic heterocycles. The fourth-order valence-corrected chi connectivity index (χ4v) is 2.04. The van der Waals surface area contributed by atoms with Crippen LogP contribution < -0.4 is 5.32 Å². The van der Waals surface area contributed by atoms with E-state index in [1.165, 1.54) is 0 Å². The Kier molecular flexibility index (Phi) is 5.02. The molecule has 0 aromatic carbocycles. The Bertz CT molecular complexity index is 362. The van der Waals surface area contributed by atoms with Crippen LogP contribution in [0.1, 0.15) is 26.7 Å². The predicted octanol–water partition coefficient (Wildman–Crippen LogP) is 3.46. The predicted molar refractivity (Wildman–Crippen MR) is 71.0 cm³/mol. The van der Waals surface area contributed by atoms with Gasteiger partial charge in [0.2, 0.25) is 0 Å². The quantitative estimate of drug-likeness (QED) is 0.875. The average molecular weight is 308 g/mol. The molecule has 0 radical (unpaired) electrons. The third-order valence-corrected chi connectivity index (χ3v) is 3.39. The smallest absolute Gasteiger partial charge is 0.145 e. The van der Waals surface area contributed by atoms with Crippen molar-refractivity contribution in [3.05, 3.63) is 21.8 Å². The number of aliphatic hydroxyl groups is 1. The van der Waals surface area contributed by atoms with Gasteiger partial charge in [0.15, 0.2) is 0 Å². The van der Waals surface area contributed by atoms with E-state index in [1.54, 1.807) is 12.3 Å². The molecule has 1 heterocycles. The van der Waals surface area contributed by atoms with Crippen molar-refractivity contribution in [2.75, 3.05) is 11.9 Å². The van der Waals surface area contributed by atoms with Crippen LogP contribution in [0.25, 0.3) is 0 Å². The van der Waals surface area contributed by atoms with E-state index in [9.17, 15) is 0 Å². The molecule has 1 rings (SSSR count). The lowest BCUT2D eigenvalue weighted by atomic mass is 9.95. The van der Waals surface area contributed by atoms with Gasteiger partial charge in [0.25, 0.3) is 0 Å². The molecule has 0 saturated heterocycles. The molecule has 1 aromatic heterocycles. The SMILES string of the molecule is CCC(C)(CCO)Nc1ncc(Br)cc1Cl. The lowest BCUT2D eigenvalue weighted by Crippen LogP contribution is -2.35. The number of hydrogen-bond donors (Lipinski definition) is 2. The number of aromatic nitrogens is 1. The number of halogens is 2. The van der Waals surface area contributed by atoms with E-state index in [0.717, 1.165) is 10.9 Å².